The SMILES string of the molecule is CCCC(O)c1ccc(-c2cc3ccccc3c(N3CCN(CC)CC3)n2)cc1. The Bertz CT molecular complexity index is 946. The molecule has 1 aliphatic rings. The van der Waals surface area contributed by atoms with Crippen LogP contribution in [0.4, 0.5) is 5.82 Å². The van der Waals surface area contributed by atoms with Crippen molar-refractivity contribution in [3.63, 3.8) is 0 Å². The minimum absolute atomic E-state index is 0.385. The first kappa shape index (κ1) is 19.9. The van der Waals surface area contributed by atoms with Gasteiger partial charge in [-0.25, -0.2) is 4.98 Å². The number of rotatable bonds is 6. The predicted octanol–water partition coefficient (Wildman–Crippen LogP) is 4.88. The normalized spacial score (nSPS) is 16.3. The van der Waals surface area contributed by atoms with Crippen molar-refractivity contribution in [1.82, 2.24) is 9.88 Å². The van der Waals surface area contributed by atoms with Crippen LogP contribution in [0.25, 0.3) is 22.0 Å². The van der Waals surface area contributed by atoms with Crippen molar-refractivity contribution in [1.29, 1.82) is 0 Å². The topological polar surface area (TPSA) is 39.6 Å². The van der Waals surface area contributed by atoms with Crippen molar-refractivity contribution in [2.24, 2.45) is 0 Å². The average Bonchev–Trinajstić information content (AvgIpc) is 2.78. The van der Waals surface area contributed by atoms with Crippen LogP contribution in [-0.4, -0.2) is 47.7 Å². The molecule has 0 radical (unpaired) electrons. The van der Waals surface area contributed by atoms with Gasteiger partial charge in [0.05, 0.1) is 11.8 Å². The smallest absolute Gasteiger partial charge is 0.137 e. The number of hydrogen-bond acceptors (Lipinski definition) is 4. The molecule has 1 N–H and O–H groups in total. The first-order valence-electron chi connectivity index (χ1n) is 10.8. The van der Waals surface area contributed by atoms with E-state index >= 15 is 0 Å². The van der Waals surface area contributed by atoms with Crippen LogP contribution in [0.15, 0.2) is 54.6 Å². The van der Waals surface area contributed by atoms with Crippen LogP contribution >= 0.6 is 0 Å². The number of hydrogen-bond donors (Lipinski definition) is 1. The molecule has 0 saturated carbocycles. The molecule has 4 rings (SSSR count). The highest BCUT2D eigenvalue weighted by Crippen LogP contribution is 2.31. The lowest BCUT2D eigenvalue weighted by Gasteiger charge is -2.35. The van der Waals surface area contributed by atoms with Gasteiger partial charge < -0.3 is 14.9 Å². The van der Waals surface area contributed by atoms with E-state index in [1.165, 1.54) is 10.8 Å². The molecule has 1 unspecified atom stereocenters. The molecule has 152 valence electrons. The fourth-order valence-electron chi connectivity index (χ4n) is 4.16. The molecule has 1 saturated heterocycles. The molecule has 1 aromatic heterocycles. The van der Waals surface area contributed by atoms with Crippen molar-refractivity contribution in [3.05, 3.63) is 60.2 Å². The summed E-state index contributed by atoms with van der Waals surface area (Å²) in [5.41, 5.74) is 3.07. The highest BCUT2D eigenvalue weighted by Gasteiger charge is 2.20. The summed E-state index contributed by atoms with van der Waals surface area (Å²) in [6.07, 6.45) is 1.38. The maximum atomic E-state index is 10.3. The van der Waals surface area contributed by atoms with E-state index in [0.717, 1.165) is 68.2 Å². The lowest BCUT2D eigenvalue weighted by atomic mass is 10.0. The number of piperazine rings is 1. The minimum atomic E-state index is -0.385. The first-order valence-corrected chi connectivity index (χ1v) is 10.8. The molecule has 29 heavy (non-hydrogen) atoms. The molecule has 3 aromatic rings. The lowest BCUT2D eigenvalue weighted by Crippen LogP contribution is -2.46. The number of fused-ring (bicyclic) bond motifs is 1. The Balaban J connectivity index is 1.69. The van der Waals surface area contributed by atoms with Gasteiger partial charge in [-0.1, -0.05) is 68.8 Å². The van der Waals surface area contributed by atoms with Crippen LogP contribution in [0.3, 0.4) is 0 Å². The summed E-state index contributed by atoms with van der Waals surface area (Å²) in [4.78, 5) is 10.0. The Morgan fingerprint density at radius 3 is 2.38 bits per heavy atom. The summed E-state index contributed by atoms with van der Waals surface area (Å²) < 4.78 is 0. The molecular weight excluding hydrogens is 358 g/mol. The molecule has 1 fully saturated rings. The average molecular weight is 390 g/mol. The maximum absolute atomic E-state index is 10.3. The van der Waals surface area contributed by atoms with Crippen molar-refractivity contribution in [2.45, 2.75) is 32.8 Å². The Hall–Kier alpha value is -2.43. The number of benzene rings is 2. The van der Waals surface area contributed by atoms with E-state index in [1.54, 1.807) is 0 Å². The lowest BCUT2D eigenvalue weighted by molar-refractivity contribution is 0.166. The van der Waals surface area contributed by atoms with Gasteiger partial charge in [0, 0.05) is 37.1 Å². The Kier molecular flexibility index (Phi) is 6.12. The second-order valence-electron chi connectivity index (χ2n) is 7.90. The maximum Gasteiger partial charge on any atom is 0.137 e. The fraction of sp³-hybridized carbons (Fsp3) is 0.400. The minimum Gasteiger partial charge on any atom is -0.388 e. The zero-order valence-electron chi connectivity index (χ0n) is 17.5. The molecule has 4 nitrogen and oxygen atoms in total. The fourth-order valence-corrected chi connectivity index (χ4v) is 4.16. The highest BCUT2D eigenvalue weighted by molar-refractivity contribution is 5.95. The highest BCUT2D eigenvalue weighted by atomic mass is 16.3. The van der Waals surface area contributed by atoms with Crippen LogP contribution in [0, 0.1) is 0 Å². The number of aliphatic hydroxyl groups is 1. The van der Waals surface area contributed by atoms with E-state index < -0.39 is 0 Å². The zero-order chi connectivity index (χ0) is 20.2. The summed E-state index contributed by atoms with van der Waals surface area (Å²) in [6, 6.07) is 19.0. The summed E-state index contributed by atoms with van der Waals surface area (Å²) in [7, 11) is 0. The molecule has 0 bridgehead atoms. The third kappa shape index (κ3) is 4.29. The van der Waals surface area contributed by atoms with Crippen LogP contribution in [-0.2, 0) is 0 Å². The summed E-state index contributed by atoms with van der Waals surface area (Å²) >= 11 is 0. The second kappa shape index (κ2) is 8.93. The predicted molar refractivity (Wildman–Crippen MR) is 121 cm³/mol. The van der Waals surface area contributed by atoms with Gasteiger partial charge in [-0.3, -0.25) is 0 Å². The Morgan fingerprint density at radius 1 is 0.966 bits per heavy atom. The van der Waals surface area contributed by atoms with Crippen LogP contribution in [0.1, 0.15) is 38.4 Å². The van der Waals surface area contributed by atoms with Crippen LogP contribution in [0.5, 0.6) is 0 Å². The number of pyridine rings is 1. The van der Waals surface area contributed by atoms with Crippen molar-refractivity contribution < 1.29 is 5.11 Å². The van der Waals surface area contributed by atoms with E-state index in [9.17, 15) is 5.11 Å². The van der Waals surface area contributed by atoms with Crippen molar-refractivity contribution in [3.8, 4) is 11.3 Å². The van der Waals surface area contributed by atoms with E-state index in [2.05, 4.69) is 66.1 Å². The van der Waals surface area contributed by atoms with Crippen LogP contribution < -0.4 is 4.90 Å². The van der Waals surface area contributed by atoms with Gasteiger partial charge in [-0.2, -0.15) is 0 Å². The molecule has 0 aliphatic carbocycles. The van der Waals surface area contributed by atoms with Crippen LogP contribution in [0.2, 0.25) is 0 Å². The van der Waals surface area contributed by atoms with E-state index in [4.69, 9.17) is 4.98 Å². The monoisotopic (exact) mass is 389 g/mol. The van der Waals surface area contributed by atoms with Gasteiger partial charge >= 0.3 is 0 Å². The molecule has 1 atom stereocenters. The van der Waals surface area contributed by atoms with E-state index in [1.807, 2.05) is 12.1 Å². The largest absolute Gasteiger partial charge is 0.388 e. The van der Waals surface area contributed by atoms with E-state index in [-0.39, 0.29) is 6.10 Å². The Labute approximate surface area is 173 Å². The second-order valence-corrected chi connectivity index (χ2v) is 7.90. The van der Waals surface area contributed by atoms with Gasteiger partial charge in [0.15, 0.2) is 0 Å². The molecule has 2 heterocycles. The summed E-state index contributed by atoms with van der Waals surface area (Å²) in [5.74, 6) is 1.09. The number of anilines is 1. The number of nitrogens with zero attached hydrogens (tertiary/aromatic N) is 3. The molecule has 1 aliphatic heterocycles. The van der Waals surface area contributed by atoms with Gasteiger partial charge in [-0.05, 0) is 30.0 Å². The quantitative estimate of drug-likeness (QED) is 0.652. The standard InChI is InChI=1S/C25H31N3O/c1-3-7-24(29)20-12-10-19(11-13-20)23-18-21-8-5-6-9-22(21)25(26-23)28-16-14-27(4-2)15-17-28/h5-6,8-13,18,24,29H,3-4,7,14-17H2,1-2H3. The Morgan fingerprint density at radius 2 is 1.69 bits per heavy atom. The van der Waals surface area contributed by atoms with E-state index in [0.29, 0.717) is 0 Å². The van der Waals surface area contributed by atoms with Gasteiger partial charge in [0.2, 0.25) is 0 Å². The number of aromatic nitrogens is 1. The number of aliphatic hydroxyl groups excluding tert-OH is 1. The summed E-state index contributed by atoms with van der Waals surface area (Å²) in [6.45, 7) is 9.62. The molecule has 2 aromatic carbocycles. The zero-order valence-corrected chi connectivity index (χ0v) is 17.5. The van der Waals surface area contributed by atoms with Crippen molar-refractivity contribution in [2.75, 3.05) is 37.6 Å². The van der Waals surface area contributed by atoms with Gasteiger partial charge in [0.25, 0.3) is 0 Å². The van der Waals surface area contributed by atoms with Crippen molar-refractivity contribution >= 4 is 16.6 Å². The third-order valence-electron chi connectivity index (χ3n) is 5.99. The molecule has 0 spiro atoms. The summed E-state index contributed by atoms with van der Waals surface area (Å²) in [5, 5.41) is 12.7. The third-order valence-corrected chi connectivity index (χ3v) is 5.99. The molecule has 0 amide bonds. The number of likely N-dealkylation sites (N-methyl/N-ethyl adjacent to an activating group) is 1. The van der Waals surface area contributed by atoms with Gasteiger partial charge in [0.1, 0.15) is 5.82 Å². The van der Waals surface area contributed by atoms with Gasteiger partial charge in [-0.15, -0.1) is 0 Å². The molecule has 4 heteroatoms. The molecular formula is C25H31N3O. The first-order chi connectivity index (χ1) is 14.2.